The van der Waals surface area contributed by atoms with Crippen LogP contribution < -0.4 is 0 Å². The van der Waals surface area contributed by atoms with E-state index in [1.54, 1.807) is 0 Å². The normalized spacial score (nSPS) is 19.3. The van der Waals surface area contributed by atoms with Crippen molar-refractivity contribution in [2.75, 3.05) is 0 Å². The molecular weight excluding hydrogens is 715 g/mol. The molecule has 0 amide bonds. The Morgan fingerprint density at radius 1 is 0.576 bits per heavy atom. The second kappa shape index (κ2) is 12.8. The van der Waals surface area contributed by atoms with E-state index in [0.29, 0.717) is 0 Å². The van der Waals surface area contributed by atoms with E-state index >= 15 is 0 Å². The summed E-state index contributed by atoms with van der Waals surface area (Å²) >= 11 is 0. The monoisotopic (exact) mass is 761 g/mol. The first kappa shape index (κ1) is 35.7. The van der Waals surface area contributed by atoms with Gasteiger partial charge in [-0.05, 0) is 109 Å². The van der Waals surface area contributed by atoms with E-state index in [0.717, 1.165) is 51.5 Å². The van der Waals surface area contributed by atoms with Gasteiger partial charge in [-0.1, -0.05) is 168 Å². The summed E-state index contributed by atoms with van der Waals surface area (Å²) in [5.41, 5.74) is 21.4. The van der Waals surface area contributed by atoms with Gasteiger partial charge in [0.05, 0.1) is 16.8 Å². The molecule has 0 N–H and O–H groups in total. The zero-order chi connectivity index (χ0) is 40.3. The molecule has 0 radical (unpaired) electrons. The van der Waals surface area contributed by atoms with Crippen LogP contribution in [0, 0.1) is 5.41 Å². The smallest absolute Gasteiger partial charge is 0.160 e. The molecule has 59 heavy (non-hydrogen) atoms. The fourth-order valence-electron chi connectivity index (χ4n) is 10.5. The topological polar surface area (TPSA) is 38.7 Å². The molecule has 2 heterocycles. The van der Waals surface area contributed by atoms with Crippen LogP contribution in [-0.4, -0.2) is 15.0 Å². The lowest BCUT2D eigenvalue weighted by atomic mass is 9.66. The average Bonchev–Trinajstić information content (AvgIpc) is 3.58. The van der Waals surface area contributed by atoms with Crippen molar-refractivity contribution in [3.8, 4) is 56.2 Å². The maximum Gasteiger partial charge on any atom is 0.160 e. The van der Waals surface area contributed by atoms with Crippen molar-refractivity contribution in [1.82, 2.24) is 15.0 Å². The first-order valence-electron chi connectivity index (χ1n) is 21.1. The fraction of sp³-hybridized carbons (Fsp3) is 0.196. The highest BCUT2D eigenvalue weighted by atomic mass is 14.9. The Hall–Kier alpha value is -6.45. The third kappa shape index (κ3) is 5.16. The van der Waals surface area contributed by atoms with Crippen molar-refractivity contribution < 1.29 is 0 Å². The Morgan fingerprint density at radius 2 is 1.24 bits per heavy atom. The molecule has 2 aromatic heterocycles. The van der Waals surface area contributed by atoms with E-state index in [1.807, 2.05) is 12.4 Å². The third-order valence-corrected chi connectivity index (χ3v) is 14.0. The van der Waals surface area contributed by atoms with Gasteiger partial charge < -0.3 is 0 Å². The largest absolute Gasteiger partial charge is 0.265 e. The predicted molar refractivity (Wildman–Crippen MR) is 243 cm³/mol. The minimum Gasteiger partial charge on any atom is -0.265 e. The molecule has 3 nitrogen and oxygen atoms in total. The molecule has 1 spiro atoms. The lowest BCUT2D eigenvalue weighted by molar-refractivity contribution is 0.362. The predicted octanol–water partition coefficient (Wildman–Crippen LogP) is 13.9. The maximum absolute atomic E-state index is 5.66. The molecule has 3 heteroatoms. The molecule has 4 aliphatic rings. The van der Waals surface area contributed by atoms with Gasteiger partial charge in [0.15, 0.2) is 5.82 Å². The van der Waals surface area contributed by atoms with Gasteiger partial charge in [0.1, 0.15) is 0 Å². The van der Waals surface area contributed by atoms with Crippen molar-refractivity contribution in [3.05, 3.63) is 203 Å². The van der Waals surface area contributed by atoms with Gasteiger partial charge in [0, 0.05) is 34.6 Å². The number of aromatic nitrogens is 3. The SMILES string of the molecule is CC1c2c(-c3cccc(-c4ccncc4)c3)nc(-c3ccccc3)nc2-c2ccc3c(c2)C2(C4=CCC(=CC=C4c4ccc(C(C)(C)C)cc42)C1(C)C)c1ccccc1-3. The number of nitrogens with zero attached hydrogens (tertiary/aromatic N) is 3. The fourth-order valence-corrected chi connectivity index (χ4v) is 10.5. The maximum atomic E-state index is 5.66. The molecule has 0 fully saturated rings. The highest BCUT2D eigenvalue weighted by Crippen LogP contribution is 2.65. The number of fused-ring (bicyclic) bond motifs is 9. The summed E-state index contributed by atoms with van der Waals surface area (Å²) in [5.74, 6) is 0.786. The van der Waals surface area contributed by atoms with Gasteiger partial charge in [-0.15, -0.1) is 0 Å². The van der Waals surface area contributed by atoms with Crippen molar-refractivity contribution in [2.45, 2.75) is 64.7 Å². The first-order chi connectivity index (χ1) is 28.5. The minimum absolute atomic E-state index is 0.00466. The highest BCUT2D eigenvalue weighted by Gasteiger charge is 2.54. The number of hydrogen-bond donors (Lipinski definition) is 0. The Labute approximate surface area is 348 Å². The number of hydrogen-bond acceptors (Lipinski definition) is 3. The Kier molecular flexibility index (Phi) is 7.73. The summed E-state index contributed by atoms with van der Waals surface area (Å²) in [6.07, 6.45) is 12.1. The van der Waals surface area contributed by atoms with Gasteiger partial charge in [0.2, 0.25) is 0 Å². The highest BCUT2D eigenvalue weighted by molar-refractivity contribution is 6.01. The van der Waals surface area contributed by atoms with Crippen LogP contribution in [0.5, 0.6) is 0 Å². The second-order valence-corrected chi connectivity index (χ2v) is 18.4. The van der Waals surface area contributed by atoms with Crippen LogP contribution in [0.15, 0.2) is 169 Å². The first-order valence-corrected chi connectivity index (χ1v) is 21.1. The van der Waals surface area contributed by atoms with Crippen LogP contribution in [0.4, 0.5) is 0 Å². The van der Waals surface area contributed by atoms with Crippen LogP contribution in [-0.2, 0) is 10.8 Å². The van der Waals surface area contributed by atoms with E-state index < -0.39 is 5.41 Å². The number of rotatable bonds is 3. The van der Waals surface area contributed by atoms with Crippen LogP contribution in [0.3, 0.4) is 0 Å². The molecule has 0 aliphatic heterocycles. The number of pyridine rings is 1. The van der Waals surface area contributed by atoms with Gasteiger partial charge in [-0.25, -0.2) is 9.97 Å². The number of allylic oxidation sites excluding steroid dienone is 6. The molecule has 2 unspecified atom stereocenters. The molecule has 2 atom stereocenters. The summed E-state index contributed by atoms with van der Waals surface area (Å²) in [6.45, 7) is 14.2. The lowest BCUT2D eigenvalue weighted by Crippen LogP contribution is -2.28. The number of benzene rings is 5. The van der Waals surface area contributed by atoms with Crippen LogP contribution >= 0.6 is 0 Å². The van der Waals surface area contributed by atoms with E-state index in [-0.39, 0.29) is 16.7 Å². The lowest BCUT2D eigenvalue weighted by Gasteiger charge is -2.37. The van der Waals surface area contributed by atoms with Gasteiger partial charge in [-0.3, -0.25) is 4.98 Å². The molecule has 7 aromatic rings. The van der Waals surface area contributed by atoms with Gasteiger partial charge >= 0.3 is 0 Å². The zero-order valence-electron chi connectivity index (χ0n) is 34.6. The summed E-state index contributed by atoms with van der Waals surface area (Å²) in [5, 5.41) is 0. The summed E-state index contributed by atoms with van der Waals surface area (Å²) < 4.78 is 0. The standard InChI is InChI=1S/C56H47N3/c1-34-50-51(38-16-12-15-37(31-38)35-27-29-57-30-28-35)58-53(36-13-8-7-9-14-36)59-52(50)39-19-23-44-42-17-10-11-18-46(42)56(48(44)32-39)47-26-22-40(55(34,5)6)20-24-43(47)45-25-21-41(33-49(45)56)54(2,3)4/h7-21,23-34H,22H2,1-6H3. The summed E-state index contributed by atoms with van der Waals surface area (Å²) in [4.78, 5) is 15.5. The van der Waals surface area contributed by atoms with E-state index in [4.69, 9.17) is 9.97 Å². The second-order valence-electron chi connectivity index (χ2n) is 18.4. The summed E-state index contributed by atoms with van der Waals surface area (Å²) in [7, 11) is 0. The zero-order valence-corrected chi connectivity index (χ0v) is 34.6. The Morgan fingerprint density at radius 3 is 2.02 bits per heavy atom. The minimum atomic E-state index is -0.472. The van der Waals surface area contributed by atoms with Crippen molar-refractivity contribution >= 4 is 5.57 Å². The molecular formula is C56H47N3. The van der Waals surface area contributed by atoms with E-state index in [2.05, 4.69) is 192 Å². The molecule has 11 rings (SSSR count). The van der Waals surface area contributed by atoms with Crippen molar-refractivity contribution in [3.63, 3.8) is 0 Å². The van der Waals surface area contributed by atoms with Gasteiger partial charge in [0.25, 0.3) is 0 Å². The van der Waals surface area contributed by atoms with E-state index in [9.17, 15) is 0 Å². The van der Waals surface area contributed by atoms with Crippen molar-refractivity contribution in [2.24, 2.45) is 5.41 Å². The molecule has 5 aromatic carbocycles. The Bertz CT molecular complexity index is 2980. The van der Waals surface area contributed by atoms with Crippen LogP contribution in [0.1, 0.15) is 87.3 Å². The molecule has 4 bridgehead atoms. The molecule has 0 saturated heterocycles. The van der Waals surface area contributed by atoms with Gasteiger partial charge in [-0.2, -0.15) is 0 Å². The van der Waals surface area contributed by atoms with Crippen molar-refractivity contribution in [1.29, 1.82) is 0 Å². The quantitative estimate of drug-likeness (QED) is 0.180. The Balaban J connectivity index is 1.28. The van der Waals surface area contributed by atoms with E-state index in [1.165, 1.54) is 61.2 Å². The molecule has 4 aliphatic carbocycles. The molecule has 286 valence electrons. The third-order valence-electron chi connectivity index (χ3n) is 14.0. The van der Waals surface area contributed by atoms with Crippen LogP contribution in [0.25, 0.3) is 61.7 Å². The molecule has 0 saturated carbocycles. The van der Waals surface area contributed by atoms with Crippen LogP contribution in [0.2, 0.25) is 0 Å². The average molecular weight is 762 g/mol. The summed E-state index contributed by atoms with van der Waals surface area (Å²) in [6, 6.07) is 47.2.